The van der Waals surface area contributed by atoms with E-state index in [-0.39, 0.29) is 11.4 Å². The number of nitrogens with zero attached hydrogens (tertiary/aromatic N) is 1. The summed E-state index contributed by atoms with van der Waals surface area (Å²) in [6.07, 6.45) is 0.468. The Kier molecular flexibility index (Phi) is 2.71. The number of hydrogen-bond acceptors (Lipinski definition) is 3. The van der Waals surface area contributed by atoms with Gasteiger partial charge in [0.1, 0.15) is 5.75 Å². The van der Waals surface area contributed by atoms with E-state index in [1.165, 1.54) is 16.7 Å². The topological polar surface area (TPSA) is 78.2 Å². The van der Waals surface area contributed by atoms with Gasteiger partial charge in [0.15, 0.2) is 0 Å². The minimum Gasteiger partial charge on any atom is -0.508 e. The highest BCUT2D eigenvalue weighted by Gasteiger charge is 2.14. The van der Waals surface area contributed by atoms with Crippen LogP contribution >= 0.6 is 0 Å². The molecule has 1 heterocycles. The molecular formula is C12H16N2O3. The van der Waals surface area contributed by atoms with Crippen molar-refractivity contribution in [2.24, 2.45) is 0 Å². The zero-order valence-corrected chi connectivity index (χ0v) is 9.90. The number of benzene rings is 1. The maximum absolute atomic E-state index is 11.7. The van der Waals surface area contributed by atoms with Crippen molar-refractivity contribution in [1.82, 2.24) is 9.55 Å². The van der Waals surface area contributed by atoms with Crippen molar-refractivity contribution in [3.8, 4) is 5.75 Å². The van der Waals surface area contributed by atoms with E-state index in [2.05, 4.69) is 4.98 Å². The van der Waals surface area contributed by atoms with Crippen molar-refractivity contribution >= 4 is 11.0 Å². The van der Waals surface area contributed by atoms with Gasteiger partial charge in [-0.3, -0.25) is 4.57 Å². The van der Waals surface area contributed by atoms with Gasteiger partial charge in [-0.05, 0) is 32.4 Å². The molecule has 0 unspecified atom stereocenters. The lowest BCUT2D eigenvalue weighted by Crippen LogP contribution is -2.25. The molecule has 0 amide bonds. The van der Waals surface area contributed by atoms with E-state index >= 15 is 0 Å². The van der Waals surface area contributed by atoms with E-state index in [0.717, 1.165) is 0 Å². The molecule has 0 radical (unpaired) electrons. The molecule has 3 N–H and O–H groups in total. The number of fused-ring (bicyclic) bond motifs is 1. The number of aromatic hydroxyl groups is 1. The molecule has 92 valence electrons. The number of aryl methyl sites for hydroxylation is 1. The van der Waals surface area contributed by atoms with Crippen LogP contribution in [0.5, 0.6) is 5.75 Å². The largest absolute Gasteiger partial charge is 0.508 e. The van der Waals surface area contributed by atoms with Crippen LogP contribution in [0.3, 0.4) is 0 Å². The molecule has 0 atom stereocenters. The first-order valence-corrected chi connectivity index (χ1v) is 5.51. The van der Waals surface area contributed by atoms with Crippen LogP contribution in [0.25, 0.3) is 11.0 Å². The Hall–Kier alpha value is -1.75. The minimum atomic E-state index is -0.820. The van der Waals surface area contributed by atoms with Crippen molar-refractivity contribution in [3.05, 3.63) is 28.7 Å². The molecule has 5 nitrogen and oxygen atoms in total. The van der Waals surface area contributed by atoms with Gasteiger partial charge in [0.05, 0.1) is 16.6 Å². The number of aliphatic hydroxyl groups is 1. The molecule has 5 heteroatoms. The Balaban J connectivity index is 2.42. The number of imidazole rings is 1. The van der Waals surface area contributed by atoms with Gasteiger partial charge in [-0.15, -0.1) is 0 Å². The molecule has 0 spiro atoms. The van der Waals surface area contributed by atoms with Crippen LogP contribution in [0.4, 0.5) is 0 Å². The van der Waals surface area contributed by atoms with Crippen molar-refractivity contribution in [2.75, 3.05) is 0 Å². The zero-order valence-electron chi connectivity index (χ0n) is 9.90. The van der Waals surface area contributed by atoms with Gasteiger partial charge in [-0.1, -0.05) is 0 Å². The molecule has 2 rings (SSSR count). The summed E-state index contributed by atoms with van der Waals surface area (Å²) < 4.78 is 1.52. The Bertz CT molecular complexity index is 590. The van der Waals surface area contributed by atoms with Gasteiger partial charge in [0, 0.05) is 12.6 Å². The van der Waals surface area contributed by atoms with E-state index < -0.39 is 5.60 Å². The number of aromatic nitrogens is 2. The standard InChI is InChI=1S/C12H16N2O3/c1-12(2,17)5-6-14-10-7-8(15)3-4-9(10)13-11(14)16/h3-4,7,15,17H,5-6H2,1-2H3,(H,13,16). The summed E-state index contributed by atoms with van der Waals surface area (Å²) in [4.78, 5) is 14.4. The smallest absolute Gasteiger partial charge is 0.326 e. The van der Waals surface area contributed by atoms with Crippen molar-refractivity contribution in [3.63, 3.8) is 0 Å². The predicted molar refractivity (Wildman–Crippen MR) is 65.1 cm³/mol. The van der Waals surface area contributed by atoms with Gasteiger partial charge < -0.3 is 15.2 Å². The molecule has 0 aliphatic heterocycles. The number of phenols is 1. The number of aromatic amines is 1. The second-order valence-electron chi connectivity index (χ2n) is 4.85. The highest BCUT2D eigenvalue weighted by molar-refractivity contribution is 5.76. The second-order valence-corrected chi connectivity index (χ2v) is 4.85. The van der Waals surface area contributed by atoms with Gasteiger partial charge >= 0.3 is 5.69 Å². The molecule has 1 aromatic heterocycles. The lowest BCUT2D eigenvalue weighted by atomic mass is 10.1. The Morgan fingerprint density at radius 1 is 1.41 bits per heavy atom. The van der Waals surface area contributed by atoms with E-state index in [9.17, 15) is 15.0 Å². The molecule has 17 heavy (non-hydrogen) atoms. The quantitative estimate of drug-likeness (QED) is 0.749. The minimum absolute atomic E-state index is 0.119. The molecule has 0 aliphatic rings. The molecule has 0 saturated heterocycles. The maximum atomic E-state index is 11.7. The Morgan fingerprint density at radius 2 is 2.12 bits per heavy atom. The molecule has 1 aromatic carbocycles. The van der Waals surface area contributed by atoms with Gasteiger partial charge in [-0.2, -0.15) is 0 Å². The van der Waals surface area contributed by atoms with Crippen LogP contribution in [0, 0.1) is 0 Å². The summed E-state index contributed by atoms with van der Waals surface area (Å²) in [6, 6.07) is 4.73. The summed E-state index contributed by atoms with van der Waals surface area (Å²) in [6.45, 7) is 3.81. The Morgan fingerprint density at radius 3 is 2.76 bits per heavy atom. The van der Waals surface area contributed by atoms with E-state index in [0.29, 0.717) is 24.0 Å². The fourth-order valence-corrected chi connectivity index (χ4v) is 1.75. The first kappa shape index (κ1) is 11.7. The predicted octanol–water partition coefficient (Wildman–Crippen LogP) is 1.20. The van der Waals surface area contributed by atoms with Crippen molar-refractivity contribution in [1.29, 1.82) is 0 Å². The van der Waals surface area contributed by atoms with Crippen molar-refractivity contribution < 1.29 is 10.2 Å². The summed E-state index contributed by atoms with van der Waals surface area (Å²) in [5.41, 5.74) is 0.289. The van der Waals surface area contributed by atoms with Crippen LogP contribution in [0.2, 0.25) is 0 Å². The SMILES string of the molecule is CC(C)(O)CCn1c(=O)[nH]c2ccc(O)cc21. The molecule has 2 aromatic rings. The average Bonchev–Trinajstić information content (AvgIpc) is 2.49. The third-order valence-electron chi connectivity index (χ3n) is 2.71. The fraction of sp³-hybridized carbons (Fsp3) is 0.417. The molecule has 0 fully saturated rings. The van der Waals surface area contributed by atoms with Crippen LogP contribution in [0.1, 0.15) is 20.3 Å². The normalized spacial score (nSPS) is 12.2. The fourth-order valence-electron chi connectivity index (χ4n) is 1.75. The molecular weight excluding hydrogens is 220 g/mol. The van der Waals surface area contributed by atoms with E-state index in [1.54, 1.807) is 19.9 Å². The summed E-state index contributed by atoms with van der Waals surface area (Å²) >= 11 is 0. The van der Waals surface area contributed by atoms with Crippen LogP contribution < -0.4 is 5.69 Å². The first-order chi connectivity index (χ1) is 7.87. The van der Waals surface area contributed by atoms with Crippen LogP contribution in [-0.2, 0) is 6.54 Å². The Labute approximate surface area is 98.3 Å². The summed E-state index contributed by atoms with van der Waals surface area (Å²) in [5, 5.41) is 19.1. The van der Waals surface area contributed by atoms with Crippen molar-refractivity contribution in [2.45, 2.75) is 32.4 Å². The van der Waals surface area contributed by atoms with E-state index in [4.69, 9.17) is 0 Å². The third-order valence-corrected chi connectivity index (χ3v) is 2.71. The first-order valence-electron chi connectivity index (χ1n) is 5.51. The lowest BCUT2D eigenvalue weighted by molar-refractivity contribution is 0.0663. The number of phenolic OH excluding ortho intramolecular Hbond substituents is 1. The summed E-state index contributed by atoms with van der Waals surface area (Å²) in [7, 11) is 0. The molecule has 0 bridgehead atoms. The monoisotopic (exact) mass is 236 g/mol. The number of nitrogens with one attached hydrogen (secondary N) is 1. The number of H-pyrrole nitrogens is 1. The molecule has 0 saturated carbocycles. The zero-order chi connectivity index (χ0) is 12.6. The number of rotatable bonds is 3. The maximum Gasteiger partial charge on any atom is 0.326 e. The summed E-state index contributed by atoms with van der Waals surface area (Å²) in [5.74, 6) is 0.119. The van der Waals surface area contributed by atoms with Crippen LogP contribution in [-0.4, -0.2) is 25.4 Å². The third kappa shape index (κ3) is 2.50. The number of hydrogen-bond donors (Lipinski definition) is 3. The lowest BCUT2D eigenvalue weighted by Gasteiger charge is -2.16. The molecule has 0 aliphatic carbocycles. The van der Waals surface area contributed by atoms with Gasteiger partial charge in [0.2, 0.25) is 0 Å². The van der Waals surface area contributed by atoms with Gasteiger partial charge in [-0.25, -0.2) is 4.79 Å². The second kappa shape index (κ2) is 3.92. The van der Waals surface area contributed by atoms with Gasteiger partial charge in [0.25, 0.3) is 0 Å². The van der Waals surface area contributed by atoms with Crippen LogP contribution in [0.15, 0.2) is 23.0 Å². The average molecular weight is 236 g/mol. The van der Waals surface area contributed by atoms with E-state index in [1.807, 2.05) is 0 Å². The highest BCUT2D eigenvalue weighted by Crippen LogP contribution is 2.18. The highest BCUT2D eigenvalue weighted by atomic mass is 16.3.